The van der Waals surface area contributed by atoms with Crippen LogP contribution < -0.4 is 0 Å². The van der Waals surface area contributed by atoms with E-state index in [-0.39, 0.29) is 23.2 Å². The van der Waals surface area contributed by atoms with Crippen LogP contribution in [0.2, 0.25) is 0 Å². The molecule has 1 unspecified atom stereocenters. The van der Waals surface area contributed by atoms with E-state index in [4.69, 9.17) is 0 Å². The third-order valence-corrected chi connectivity index (χ3v) is 4.88. The molecule has 1 atom stereocenters. The molecular formula is C15H23BrN2O. The van der Waals surface area contributed by atoms with Gasteiger partial charge >= 0.3 is 0 Å². The van der Waals surface area contributed by atoms with Crippen LogP contribution in [0, 0.1) is 11.3 Å². The Hall–Kier alpha value is -0.640. The van der Waals surface area contributed by atoms with Crippen LogP contribution in [0.3, 0.4) is 0 Å². The Morgan fingerprint density at radius 1 is 1.47 bits per heavy atom. The zero-order valence-corrected chi connectivity index (χ0v) is 13.8. The molecular weight excluding hydrogens is 304 g/mol. The summed E-state index contributed by atoms with van der Waals surface area (Å²) >= 11 is 3.49. The van der Waals surface area contributed by atoms with Crippen molar-refractivity contribution < 1.29 is 4.79 Å². The first-order chi connectivity index (χ1) is 8.84. The van der Waals surface area contributed by atoms with Crippen LogP contribution in [0.4, 0.5) is 0 Å². The molecule has 0 aromatic carbocycles. The van der Waals surface area contributed by atoms with Gasteiger partial charge in [-0.2, -0.15) is 5.10 Å². The second-order valence-corrected chi connectivity index (χ2v) is 7.38. The van der Waals surface area contributed by atoms with Gasteiger partial charge in [-0.25, -0.2) is 0 Å². The third-order valence-electron chi connectivity index (χ3n) is 4.30. The van der Waals surface area contributed by atoms with E-state index in [1.54, 1.807) is 6.20 Å². The minimum Gasteiger partial charge on any atom is -0.292 e. The zero-order valence-electron chi connectivity index (χ0n) is 12.2. The molecule has 1 aliphatic carbocycles. The van der Waals surface area contributed by atoms with Gasteiger partial charge in [0.1, 0.15) is 5.69 Å². The second-order valence-electron chi connectivity index (χ2n) is 6.53. The Morgan fingerprint density at radius 3 is 2.74 bits per heavy atom. The highest BCUT2D eigenvalue weighted by molar-refractivity contribution is 9.10. The fraction of sp³-hybridized carbons (Fsp3) is 0.733. The first-order valence-corrected chi connectivity index (χ1v) is 7.91. The predicted octanol–water partition coefficient (Wildman–Crippen LogP) is 4.63. The van der Waals surface area contributed by atoms with Crippen LogP contribution in [0.15, 0.2) is 10.7 Å². The number of Topliss-reactive ketones (excluding diaryl/α,β-unsaturated/α-hetero) is 1. The summed E-state index contributed by atoms with van der Waals surface area (Å²) < 4.78 is 2.67. The molecule has 0 bridgehead atoms. The predicted molar refractivity (Wildman–Crippen MR) is 80.4 cm³/mol. The van der Waals surface area contributed by atoms with Gasteiger partial charge in [0.2, 0.25) is 0 Å². The quantitative estimate of drug-likeness (QED) is 0.759. The van der Waals surface area contributed by atoms with Gasteiger partial charge in [-0.3, -0.25) is 9.48 Å². The summed E-state index contributed by atoms with van der Waals surface area (Å²) in [6.45, 7) is 8.56. The van der Waals surface area contributed by atoms with E-state index in [1.807, 2.05) is 4.68 Å². The lowest BCUT2D eigenvalue weighted by Gasteiger charge is -2.37. The van der Waals surface area contributed by atoms with Crippen molar-refractivity contribution >= 4 is 21.7 Å². The lowest BCUT2D eigenvalue weighted by atomic mass is 9.66. The molecule has 1 heterocycles. The maximum absolute atomic E-state index is 12.9. The topological polar surface area (TPSA) is 34.9 Å². The number of rotatable bonds is 3. The molecule has 4 heteroatoms. The van der Waals surface area contributed by atoms with Crippen molar-refractivity contribution in [2.75, 3.05) is 0 Å². The summed E-state index contributed by atoms with van der Waals surface area (Å²) in [5.41, 5.74) is 0.843. The third kappa shape index (κ3) is 2.78. The first-order valence-electron chi connectivity index (χ1n) is 7.12. The first kappa shape index (κ1) is 14.8. The van der Waals surface area contributed by atoms with Crippen molar-refractivity contribution in [3.05, 3.63) is 16.4 Å². The molecule has 2 rings (SSSR count). The van der Waals surface area contributed by atoms with Gasteiger partial charge in [0.25, 0.3) is 0 Å². The van der Waals surface area contributed by atoms with Gasteiger partial charge in [-0.1, -0.05) is 26.7 Å². The zero-order chi connectivity index (χ0) is 14.2. The summed E-state index contributed by atoms with van der Waals surface area (Å²) in [4.78, 5) is 12.9. The molecule has 1 aliphatic rings. The van der Waals surface area contributed by atoms with E-state index < -0.39 is 0 Å². The maximum atomic E-state index is 12.9. The fourth-order valence-corrected chi connectivity index (χ4v) is 3.58. The molecule has 1 saturated carbocycles. The summed E-state index contributed by atoms with van der Waals surface area (Å²) in [5, 5.41) is 4.33. The highest BCUT2D eigenvalue weighted by atomic mass is 79.9. The molecule has 0 saturated heterocycles. The fourth-order valence-electron chi connectivity index (χ4n) is 3.11. The van der Waals surface area contributed by atoms with E-state index in [1.165, 1.54) is 6.42 Å². The van der Waals surface area contributed by atoms with E-state index in [0.717, 1.165) is 29.4 Å². The second kappa shape index (κ2) is 5.39. The average molecular weight is 327 g/mol. The van der Waals surface area contributed by atoms with Crippen molar-refractivity contribution in [3.63, 3.8) is 0 Å². The van der Waals surface area contributed by atoms with Crippen molar-refractivity contribution in [3.8, 4) is 0 Å². The van der Waals surface area contributed by atoms with E-state index in [9.17, 15) is 4.79 Å². The van der Waals surface area contributed by atoms with Gasteiger partial charge in [0.05, 0.1) is 10.7 Å². The van der Waals surface area contributed by atoms with Gasteiger partial charge in [-0.05, 0) is 48.0 Å². The van der Waals surface area contributed by atoms with E-state index in [0.29, 0.717) is 0 Å². The monoisotopic (exact) mass is 326 g/mol. The lowest BCUT2D eigenvalue weighted by Crippen LogP contribution is -2.35. The number of hydrogen-bond acceptors (Lipinski definition) is 2. The average Bonchev–Trinajstić information content (AvgIpc) is 2.70. The number of hydrogen-bond donors (Lipinski definition) is 0. The number of halogens is 1. The Morgan fingerprint density at radius 2 is 2.16 bits per heavy atom. The SMILES string of the molecule is CC(C)n1ncc(Br)c1C(=O)C1CCCCC1(C)C. The van der Waals surface area contributed by atoms with Crippen molar-refractivity contribution in [1.82, 2.24) is 9.78 Å². The highest BCUT2D eigenvalue weighted by Gasteiger charge is 2.39. The smallest absolute Gasteiger partial charge is 0.185 e. The highest BCUT2D eigenvalue weighted by Crippen LogP contribution is 2.43. The molecule has 1 aromatic heterocycles. The molecule has 0 amide bonds. The van der Waals surface area contributed by atoms with Gasteiger partial charge < -0.3 is 0 Å². The van der Waals surface area contributed by atoms with Gasteiger partial charge in [0, 0.05) is 12.0 Å². The van der Waals surface area contributed by atoms with Crippen molar-refractivity contribution in [1.29, 1.82) is 0 Å². The molecule has 1 fully saturated rings. The number of carbonyl (C=O) groups is 1. The number of nitrogens with zero attached hydrogens (tertiary/aromatic N) is 2. The Labute approximate surface area is 123 Å². The molecule has 0 spiro atoms. The van der Waals surface area contributed by atoms with Crippen LogP contribution in [-0.4, -0.2) is 15.6 Å². The Bertz CT molecular complexity index is 476. The van der Waals surface area contributed by atoms with E-state index >= 15 is 0 Å². The normalized spacial score (nSPS) is 22.7. The van der Waals surface area contributed by atoms with E-state index in [2.05, 4.69) is 48.7 Å². The van der Waals surface area contributed by atoms with Crippen LogP contribution in [0.25, 0.3) is 0 Å². The summed E-state index contributed by atoms with van der Waals surface area (Å²) in [6.07, 6.45) is 6.27. The van der Waals surface area contributed by atoms with Gasteiger partial charge in [0.15, 0.2) is 5.78 Å². The Balaban J connectivity index is 2.36. The molecule has 106 valence electrons. The molecule has 0 aliphatic heterocycles. The molecule has 1 aromatic rings. The molecule has 0 radical (unpaired) electrons. The minimum atomic E-state index is 0.0981. The number of aromatic nitrogens is 2. The largest absolute Gasteiger partial charge is 0.292 e. The summed E-state index contributed by atoms with van der Waals surface area (Å²) in [6, 6.07) is 0.206. The van der Waals surface area contributed by atoms with Crippen molar-refractivity contribution in [2.45, 2.75) is 59.4 Å². The van der Waals surface area contributed by atoms with Crippen LogP contribution in [-0.2, 0) is 0 Å². The molecule has 3 nitrogen and oxygen atoms in total. The summed E-state index contributed by atoms with van der Waals surface area (Å²) in [5.74, 6) is 0.370. The molecule has 0 N–H and O–H groups in total. The number of ketones is 1. The standard InChI is InChI=1S/C15H23BrN2O/c1-10(2)18-13(12(16)9-17-18)14(19)11-7-5-6-8-15(11,3)4/h9-11H,5-8H2,1-4H3. The minimum absolute atomic E-state index is 0.0981. The maximum Gasteiger partial charge on any atom is 0.185 e. The van der Waals surface area contributed by atoms with Crippen LogP contribution >= 0.6 is 15.9 Å². The number of carbonyl (C=O) groups excluding carboxylic acids is 1. The van der Waals surface area contributed by atoms with Crippen LogP contribution in [0.1, 0.15) is 69.9 Å². The summed E-state index contributed by atoms with van der Waals surface area (Å²) in [7, 11) is 0. The molecule has 19 heavy (non-hydrogen) atoms. The van der Waals surface area contributed by atoms with Gasteiger partial charge in [-0.15, -0.1) is 0 Å². The lowest BCUT2D eigenvalue weighted by molar-refractivity contribution is 0.0683. The van der Waals surface area contributed by atoms with Crippen molar-refractivity contribution in [2.24, 2.45) is 11.3 Å². The Kier molecular flexibility index (Phi) is 4.19. The van der Waals surface area contributed by atoms with Crippen LogP contribution in [0.5, 0.6) is 0 Å².